The SMILES string of the molecule is CC.CC.CC(=O)CC(C)(C)COCC(C)(C)CNC(=O)CC(C)(O)NCCC(C)(C)SC(C)C.CC(=O)CC(C)COCC(C)(C)CNC(=O)CC(C)(O)NCCC(C)(C)N. The van der Waals surface area contributed by atoms with Gasteiger partial charge in [-0.1, -0.05) is 104 Å². The van der Waals surface area contributed by atoms with Crippen LogP contribution < -0.4 is 27.0 Å². The molecule has 3 atom stereocenters. The molecule has 0 bridgehead atoms. The molecule has 13 nitrogen and oxygen atoms in total. The van der Waals surface area contributed by atoms with Crippen LogP contribution in [0.1, 0.15) is 184 Å². The average molecular weight is 908 g/mol. The molecule has 0 aromatic rings. The summed E-state index contributed by atoms with van der Waals surface area (Å²) in [6.07, 6.45) is 2.55. The molecule has 0 aliphatic heterocycles. The molecular weight excluding hydrogens is 807 g/mol. The molecule has 2 amide bonds. The Balaban J connectivity index is -0.000000506. The number of hydrogen-bond acceptors (Lipinski definition) is 12. The number of nitrogens with two attached hydrogens (primary N) is 1. The molecule has 3 unspecified atom stereocenters. The van der Waals surface area contributed by atoms with Crippen molar-refractivity contribution in [3.05, 3.63) is 0 Å². The van der Waals surface area contributed by atoms with Crippen LogP contribution in [-0.4, -0.2) is 113 Å². The van der Waals surface area contributed by atoms with Crippen LogP contribution in [0.3, 0.4) is 0 Å². The first-order valence-corrected chi connectivity index (χ1v) is 23.9. The Bertz CT molecular complexity index is 1230. The van der Waals surface area contributed by atoms with Gasteiger partial charge < -0.3 is 45.6 Å². The fraction of sp³-hybridized carbons (Fsp3) is 0.917. The normalized spacial score (nSPS) is 14.7. The van der Waals surface area contributed by atoms with Crippen LogP contribution in [0, 0.1) is 22.2 Å². The van der Waals surface area contributed by atoms with Gasteiger partial charge in [-0.3, -0.25) is 20.2 Å². The van der Waals surface area contributed by atoms with Crippen molar-refractivity contribution in [3.8, 4) is 0 Å². The molecule has 8 N–H and O–H groups in total. The Morgan fingerprint density at radius 1 is 0.597 bits per heavy atom. The van der Waals surface area contributed by atoms with E-state index >= 15 is 0 Å². The third kappa shape index (κ3) is 44.9. The number of Topliss-reactive ketones (excluding diaryl/α,β-unsaturated/α-hetero) is 2. The van der Waals surface area contributed by atoms with Crippen LogP contribution in [0.5, 0.6) is 0 Å². The van der Waals surface area contributed by atoms with Crippen LogP contribution in [0.15, 0.2) is 0 Å². The van der Waals surface area contributed by atoms with E-state index < -0.39 is 11.4 Å². The van der Waals surface area contributed by atoms with Gasteiger partial charge in [-0.05, 0) is 84.1 Å². The zero-order valence-electron chi connectivity index (χ0n) is 43.9. The number of ketones is 2. The Hall–Kier alpha value is -1.65. The number of nitrogens with one attached hydrogen (secondary N) is 4. The first-order valence-electron chi connectivity index (χ1n) is 23.1. The molecular formula is C48H101N5O8S. The highest BCUT2D eigenvalue weighted by Gasteiger charge is 2.29. The maximum absolute atomic E-state index is 12.4. The van der Waals surface area contributed by atoms with Gasteiger partial charge in [0.2, 0.25) is 11.8 Å². The molecule has 0 aliphatic carbocycles. The van der Waals surface area contributed by atoms with Crippen molar-refractivity contribution >= 4 is 35.1 Å². The molecule has 0 rings (SSSR count). The van der Waals surface area contributed by atoms with E-state index in [2.05, 4.69) is 49.0 Å². The lowest BCUT2D eigenvalue weighted by Crippen LogP contribution is -2.49. The molecule has 62 heavy (non-hydrogen) atoms. The monoisotopic (exact) mass is 908 g/mol. The van der Waals surface area contributed by atoms with E-state index in [4.69, 9.17) is 15.2 Å². The number of thioether (sulfide) groups is 1. The molecule has 0 saturated heterocycles. The first-order chi connectivity index (χ1) is 28.0. The molecule has 372 valence electrons. The van der Waals surface area contributed by atoms with Crippen molar-refractivity contribution in [2.45, 2.75) is 211 Å². The maximum Gasteiger partial charge on any atom is 0.224 e. The lowest BCUT2D eigenvalue weighted by atomic mass is 9.88. The predicted molar refractivity (Wildman–Crippen MR) is 262 cm³/mol. The number of hydrogen-bond donors (Lipinski definition) is 7. The highest BCUT2D eigenvalue weighted by atomic mass is 32.2. The summed E-state index contributed by atoms with van der Waals surface area (Å²) in [6.45, 7) is 45.1. The molecule has 0 heterocycles. The summed E-state index contributed by atoms with van der Waals surface area (Å²) >= 11 is 1.91. The minimum absolute atomic E-state index is 0.00662. The van der Waals surface area contributed by atoms with Crippen molar-refractivity contribution in [2.24, 2.45) is 27.9 Å². The van der Waals surface area contributed by atoms with Gasteiger partial charge in [0.25, 0.3) is 0 Å². The summed E-state index contributed by atoms with van der Waals surface area (Å²) in [5.41, 5.74) is 2.37. The Morgan fingerprint density at radius 3 is 1.35 bits per heavy atom. The summed E-state index contributed by atoms with van der Waals surface area (Å²) in [5, 5.41) is 33.3. The van der Waals surface area contributed by atoms with Crippen molar-refractivity contribution in [3.63, 3.8) is 0 Å². The topological polar surface area (TPSA) is 201 Å². The third-order valence-electron chi connectivity index (χ3n) is 8.84. The fourth-order valence-electron chi connectivity index (χ4n) is 6.05. The van der Waals surface area contributed by atoms with Gasteiger partial charge in [0, 0.05) is 53.7 Å². The lowest BCUT2D eigenvalue weighted by molar-refractivity contribution is -0.128. The number of ether oxygens (including phenoxy) is 2. The number of carbonyl (C=O) groups is 4. The Labute approximate surface area is 385 Å². The Kier molecular flexibility index (Phi) is 34.7. The zero-order valence-corrected chi connectivity index (χ0v) is 44.7. The quantitative estimate of drug-likeness (QED) is 0.0346. The highest BCUT2D eigenvalue weighted by molar-refractivity contribution is 8.01. The maximum atomic E-state index is 12.4. The van der Waals surface area contributed by atoms with E-state index in [0.717, 1.165) is 6.42 Å². The van der Waals surface area contributed by atoms with E-state index in [-0.39, 0.29) is 68.7 Å². The predicted octanol–water partition coefficient (Wildman–Crippen LogP) is 7.78. The highest BCUT2D eigenvalue weighted by Crippen LogP contribution is 2.31. The fourth-order valence-corrected chi connectivity index (χ4v) is 7.55. The average Bonchev–Trinajstić information content (AvgIpc) is 3.05. The van der Waals surface area contributed by atoms with Crippen LogP contribution in [0.2, 0.25) is 0 Å². The van der Waals surface area contributed by atoms with Crippen molar-refractivity contribution in [1.82, 2.24) is 21.3 Å². The molecule has 0 saturated carbocycles. The second kappa shape index (κ2) is 32.1. The van der Waals surface area contributed by atoms with Crippen LogP contribution in [0.4, 0.5) is 0 Å². The van der Waals surface area contributed by atoms with Crippen LogP contribution in [0.25, 0.3) is 0 Å². The minimum Gasteiger partial charge on any atom is -0.381 e. The summed E-state index contributed by atoms with van der Waals surface area (Å²) in [6, 6.07) is 0. The molecule has 0 radical (unpaired) electrons. The number of amides is 2. The molecule has 0 aromatic heterocycles. The second-order valence-electron chi connectivity index (χ2n) is 21.1. The van der Waals surface area contributed by atoms with Gasteiger partial charge in [-0.15, -0.1) is 0 Å². The summed E-state index contributed by atoms with van der Waals surface area (Å²) in [5.74, 6) is 0.0831. The standard InChI is InChI=1S/C24H48N2O4S.C20H41N3O4.2C2H6/c1-18(2)31-23(8,9)11-12-26-24(10,29)14-20(28)25-15-22(6,7)17-30-16-21(4,5)13-19(3)27;1-15(10-16(2)24)12-27-14-18(3,4)13-22-17(25)11-20(7,26)23-9-8-19(5,6)21;2*1-2/h18,26,29H,11-17H2,1-10H3,(H,25,28);15,23,26H,8-14,21H2,1-7H3,(H,22,25);2*1-2H3. The smallest absolute Gasteiger partial charge is 0.224 e. The summed E-state index contributed by atoms with van der Waals surface area (Å²) in [7, 11) is 0. The van der Waals surface area contributed by atoms with Crippen molar-refractivity contribution < 1.29 is 38.9 Å². The van der Waals surface area contributed by atoms with Gasteiger partial charge in [0.05, 0.1) is 32.7 Å². The summed E-state index contributed by atoms with van der Waals surface area (Å²) < 4.78 is 11.7. The van der Waals surface area contributed by atoms with Gasteiger partial charge in [-0.2, -0.15) is 11.8 Å². The lowest BCUT2D eigenvalue weighted by Gasteiger charge is -2.31. The van der Waals surface area contributed by atoms with Gasteiger partial charge in [0.1, 0.15) is 23.0 Å². The minimum atomic E-state index is -1.28. The Morgan fingerprint density at radius 2 is 0.984 bits per heavy atom. The summed E-state index contributed by atoms with van der Waals surface area (Å²) in [4.78, 5) is 47.0. The van der Waals surface area contributed by atoms with Crippen LogP contribution in [-0.2, 0) is 28.7 Å². The number of carbonyl (C=O) groups excluding carboxylic acids is 4. The second-order valence-corrected chi connectivity index (χ2v) is 23.4. The number of rotatable bonds is 30. The first kappa shape index (κ1) is 66.9. The largest absolute Gasteiger partial charge is 0.381 e. The van der Waals surface area contributed by atoms with Gasteiger partial charge in [-0.25, -0.2) is 0 Å². The van der Waals surface area contributed by atoms with E-state index in [9.17, 15) is 29.4 Å². The van der Waals surface area contributed by atoms with Crippen molar-refractivity contribution in [2.75, 3.05) is 52.6 Å². The number of aliphatic hydroxyl groups is 2. The molecule has 0 spiro atoms. The van der Waals surface area contributed by atoms with E-state index in [1.807, 2.05) is 102 Å². The van der Waals surface area contributed by atoms with Crippen molar-refractivity contribution in [1.29, 1.82) is 0 Å². The molecule has 0 aromatic carbocycles. The van der Waals surface area contributed by atoms with Gasteiger partial charge in [0.15, 0.2) is 0 Å². The van der Waals surface area contributed by atoms with Gasteiger partial charge >= 0.3 is 0 Å². The molecule has 14 heteroatoms. The zero-order chi connectivity index (χ0) is 49.8. The molecule has 0 aliphatic rings. The van der Waals surface area contributed by atoms with E-state index in [1.165, 1.54) is 0 Å². The van der Waals surface area contributed by atoms with Crippen LogP contribution >= 0.6 is 11.8 Å². The van der Waals surface area contributed by atoms with E-state index in [0.29, 0.717) is 77.1 Å². The third-order valence-corrected chi connectivity index (χ3v) is 10.2. The van der Waals surface area contributed by atoms with E-state index in [1.54, 1.807) is 27.7 Å². The molecule has 0 fully saturated rings.